The highest BCUT2D eigenvalue weighted by molar-refractivity contribution is 5.89. The fourth-order valence-electron chi connectivity index (χ4n) is 3.07. The van der Waals surface area contributed by atoms with Gasteiger partial charge in [0.05, 0.1) is 18.3 Å². The Kier molecular flexibility index (Phi) is 4.05. The van der Waals surface area contributed by atoms with Crippen LogP contribution in [0, 0.1) is 0 Å². The second-order valence-electron chi connectivity index (χ2n) is 5.99. The molecule has 2 aromatic carbocycles. The van der Waals surface area contributed by atoms with Crippen LogP contribution in [0.3, 0.4) is 0 Å². The molecule has 2 heterocycles. The standard InChI is InChI=1S/C20H20N2O2/c1-23-15-7-8-17-19(11-15)22-18(14-5-3-2-4-6-14)12-20(17)24-16-9-10-21-13-16/h2-8,11-12,16,21H,9-10,13H2,1H3. The first kappa shape index (κ1) is 15.0. The Hall–Kier alpha value is -2.59. The second kappa shape index (κ2) is 6.49. The molecular formula is C20H20N2O2. The number of benzene rings is 2. The molecule has 3 aromatic rings. The molecule has 1 unspecified atom stereocenters. The first-order chi connectivity index (χ1) is 11.8. The van der Waals surface area contributed by atoms with Gasteiger partial charge in [-0.1, -0.05) is 30.3 Å². The molecule has 0 saturated carbocycles. The number of pyridine rings is 1. The van der Waals surface area contributed by atoms with Crippen molar-refractivity contribution < 1.29 is 9.47 Å². The van der Waals surface area contributed by atoms with Gasteiger partial charge in [-0.2, -0.15) is 0 Å². The third kappa shape index (κ3) is 2.93. The highest BCUT2D eigenvalue weighted by Crippen LogP contribution is 2.33. The van der Waals surface area contributed by atoms with Crippen molar-refractivity contribution in [2.45, 2.75) is 12.5 Å². The van der Waals surface area contributed by atoms with E-state index in [1.807, 2.05) is 42.5 Å². The Bertz CT molecular complexity index is 843. The normalized spacial score (nSPS) is 17.1. The maximum atomic E-state index is 6.28. The van der Waals surface area contributed by atoms with Gasteiger partial charge in [-0.15, -0.1) is 0 Å². The van der Waals surface area contributed by atoms with Gasteiger partial charge in [0.2, 0.25) is 0 Å². The van der Waals surface area contributed by atoms with Crippen LogP contribution in [0.25, 0.3) is 22.2 Å². The molecule has 24 heavy (non-hydrogen) atoms. The number of nitrogens with zero attached hydrogens (tertiary/aromatic N) is 1. The van der Waals surface area contributed by atoms with Gasteiger partial charge >= 0.3 is 0 Å². The first-order valence-electron chi connectivity index (χ1n) is 8.25. The van der Waals surface area contributed by atoms with Crippen molar-refractivity contribution >= 4 is 10.9 Å². The Morgan fingerprint density at radius 3 is 2.71 bits per heavy atom. The summed E-state index contributed by atoms with van der Waals surface area (Å²) in [7, 11) is 1.67. The molecule has 0 radical (unpaired) electrons. The summed E-state index contributed by atoms with van der Waals surface area (Å²) in [5.74, 6) is 1.68. The number of nitrogens with one attached hydrogen (secondary N) is 1. The quantitative estimate of drug-likeness (QED) is 0.797. The van der Waals surface area contributed by atoms with Gasteiger partial charge in [-0.3, -0.25) is 0 Å². The monoisotopic (exact) mass is 320 g/mol. The number of methoxy groups -OCH3 is 1. The van der Waals surface area contributed by atoms with E-state index in [2.05, 4.69) is 17.4 Å². The molecule has 1 N–H and O–H groups in total. The van der Waals surface area contributed by atoms with Crippen LogP contribution in [0.4, 0.5) is 0 Å². The molecule has 0 amide bonds. The maximum Gasteiger partial charge on any atom is 0.131 e. The number of ether oxygens (including phenoxy) is 2. The molecule has 4 nitrogen and oxygen atoms in total. The Balaban J connectivity index is 1.84. The van der Waals surface area contributed by atoms with Gasteiger partial charge in [0.25, 0.3) is 0 Å². The van der Waals surface area contributed by atoms with Crippen molar-refractivity contribution in [3.63, 3.8) is 0 Å². The Morgan fingerprint density at radius 1 is 1.08 bits per heavy atom. The lowest BCUT2D eigenvalue weighted by Crippen LogP contribution is -2.19. The number of fused-ring (bicyclic) bond motifs is 1. The average Bonchev–Trinajstić information content (AvgIpc) is 3.15. The second-order valence-corrected chi connectivity index (χ2v) is 5.99. The third-order valence-electron chi connectivity index (χ3n) is 4.36. The summed E-state index contributed by atoms with van der Waals surface area (Å²) >= 11 is 0. The fourth-order valence-corrected chi connectivity index (χ4v) is 3.07. The zero-order chi connectivity index (χ0) is 16.4. The lowest BCUT2D eigenvalue weighted by molar-refractivity contribution is 0.226. The molecule has 4 heteroatoms. The topological polar surface area (TPSA) is 43.4 Å². The molecule has 1 fully saturated rings. The predicted octanol–water partition coefficient (Wildman–Crippen LogP) is 3.65. The summed E-state index contributed by atoms with van der Waals surface area (Å²) < 4.78 is 11.6. The van der Waals surface area contributed by atoms with Crippen molar-refractivity contribution in [3.05, 3.63) is 54.6 Å². The summed E-state index contributed by atoms with van der Waals surface area (Å²) in [6.07, 6.45) is 1.24. The van der Waals surface area contributed by atoms with E-state index < -0.39 is 0 Å². The number of rotatable bonds is 4. The van der Waals surface area contributed by atoms with E-state index in [-0.39, 0.29) is 6.10 Å². The van der Waals surface area contributed by atoms with E-state index in [0.717, 1.165) is 53.2 Å². The van der Waals surface area contributed by atoms with Crippen molar-refractivity contribution in [1.29, 1.82) is 0 Å². The van der Waals surface area contributed by atoms with Crippen LogP contribution in [0.1, 0.15) is 6.42 Å². The van der Waals surface area contributed by atoms with Crippen LogP contribution in [-0.2, 0) is 0 Å². The highest BCUT2D eigenvalue weighted by Gasteiger charge is 2.18. The van der Waals surface area contributed by atoms with Crippen LogP contribution in [-0.4, -0.2) is 31.3 Å². The summed E-state index contributed by atoms with van der Waals surface area (Å²) in [6, 6.07) is 18.2. The van der Waals surface area contributed by atoms with E-state index in [1.165, 1.54) is 0 Å². The summed E-state index contributed by atoms with van der Waals surface area (Å²) in [5.41, 5.74) is 2.88. The molecule has 4 rings (SSSR count). The number of hydrogen-bond donors (Lipinski definition) is 1. The SMILES string of the molecule is COc1ccc2c(OC3CCNC3)cc(-c3ccccc3)nc2c1. The van der Waals surface area contributed by atoms with E-state index in [4.69, 9.17) is 14.5 Å². The third-order valence-corrected chi connectivity index (χ3v) is 4.36. The molecule has 1 saturated heterocycles. The molecule has 1 atom stereocenters. The molecule has 0 spiro atoms. The average molecular weight is 320 g/mol. The van der Waals surface area contributed by atoms with Crippen LogP contribution in [0.5, 0.6) is 11.5 Å². The lowest BCUT2D eigenvalue weighted by atomic mass is 10.1. The van der Waals surface area contributed by atoms with Crippen molar-refractivity contribution in [1.82, 2.24) is 10.3 Å². The highest BCUT2D eigenvalue weighted by atomic mass is 16.5. The van der Waals surface area contributed by atoms with Gasteiger partial charge in [-0.05, 0) is 25.1 Å². The molecule has 1 aromatic heterocycles. The van der Waals surface area contributed by atoms with Crippen molar-refractivity contribution in [3.8, 4) is 22.8 Å². The molecular weight excluding hydrogens is 300 g/mol. The van der Waals surface area contributed by atoms with Gasteiger partial charge < -0.3 is 14.8 Å². The van der Waals surface area contributed by atoms with E-state index in [9.17, 15) is 0 Å². The Morgan fingerprint density at radius 2 is 1.96 bits per heavy atom. The van der Waals surface area contributed by atoms with Crippen molar-refractivity contribution in [2.75, 3.05) is 20.2 Å². The van der Waals surface area contributed by atoms with Crippen LogP contribution in [0.2, 0.25) is 0 Å². The van der Waals surface area contributed by atoms with Crippen LogP contribution >= 0.6 is 0 Å². The molecule has 1 aliphatic heterocycles. The summed E-state index contributed by atoms with van der Waals surface area (Å²) in [5, 5.41) is 4.36. The van der Waals surface area contributed by atoms with E-state index in [1.54, 1.807) is 7.11 Å². The first-order valence-corrected chi connectivity index (χ1v) is 8.25. The van der Waals surface area contributed by atoms with Crippen molar-refractivity contribution in [2.24, 2.45) is 0 Å². The van der Waals surface area contributed by atoms with Gasteiger partial charge in [0.15, 0.2) is 0 Å². The number of aromatic nitrogens is 1. The molecule has 1 aliphatic rings. The molecule has 0 bridgehead atoms. The summed E-state index contributed by atoms with van der Waals surface area (Å²) in [6.45, 7) is 1.90. The van der Waals surface area contributed by atoms with Crippen LogP contribution < -0.4 is 14.8 Å². The van der Waals surface area contributed by atoms with E-state index >= 15 is 0 Å². The van der Waals surface area contributed by atoms with Gasteiger partial charge in [-0.25, -0.2) is 4.98 Å². The lowest BCUT2D eigenvalue weighted by Gasteiger charge is -2.16. The fraction of sp³-hybridized carbons (Fsp3) is 0.250. The van der Waals surface area contributed by atoms with Crippen LogP contribution in [0.15, 0.2) is 54.6 Å². The minimum atomic E-state index is 0.210. The zero-order valence-corrected chi connectivity index (χ0v) is 13.7. The maximum absolute atomic E-state index is 6.28. The predicted molar refractivity (Wildman–Crippen MR) is 95.6 cm³/mol. The summed E-state index contributed by atoms with van der Waals surface area (Å²) in [4.78, 5) is 4.81. The zero-order valence-electron chi connectivity index (χ0n) is 13.7. The molecule has 122 valence electrons. The molecule has 0 aliphatic carbocycles. The largest absolute Gasteiger partial charge is 0.497 e. The smallest absolute Gasteiger partial charge is 0.131 e. The number of hydrogen-bond acceptors (Lipinski definition) is 4. The minimum Gasteiger partial charge on any atom is -0.497 e. The Labute approximate surface area is 141 Å². The van der Waals surface area contributed by atoms with Gasteiger partial charge in [0.1, 0.15) is 17.6 Å². The minimum absolute atomic E-state index is 0.210. The van der Waals surface area contributed by atoms with Gasteiger partial charge in [0, 0.05) is 29.6 Å². The van der Waals surface area contributed by atoms with E-state index in [0.29, 0.717) is 0 Å².